The van der Waals surface area contributed by atoms with Gasteiger partial charge in [0, 0.05) is 44.2 Å². The van der Waals surface area contributed by atoms with Gasteiger partial charge in [-0.25, -0.2) is 14.4 Å². The van der Waals surface area contributed by atoms with Crippen LogP contribution < -0.4 is 9.64 Å². The summed E-state index contributed by atoms with van der Waals surface area (Å²) in [4.78, 5) is 25.3. The third kappa shape index (κ3) is 4.40. The Kier molecular flexibility index (Phi) is 5.69. The van der Waals surface area contributed by atoms with Crippen molar-refractivity contribution in [1.82, 2.24) is 14.9 Å². The van der Waals surface area contributed by atoms with Gasteiger partial charge in [-0.2, -0.15) is 0 Å². The second-order valence-corrected chi connectivity index (χ2v) is 7.42. The topological polar surface area (TPSA) is 58.6 Å². The first-order valence-corrected chi connectivity index (χ1v) is 9.98. The quantitative estimate of drug-likeness (QED) is 0.806. The fourth-order valence-corrected chi connectivity index (χ4v) is 3.97. The number of anilines is 1. The van der Waals surface area contributed by atoms with Gasteiger partial charge < -0.3 is 14.5 Å². The third-order valence-electron chi connectivity index (χ3n) is 5.52. The number of amides is 1. The highest BCUT2D eigenvalue weighted by atomic mass is 19.1. The number of hydrogen-bond donors (Lipinski definition) is 0. The van der Waals surface area contributed by atoms with E-state index < -0.39 is 0 Å². The molecule has 1 amide bonds. The van der Waals surface area contributed by atoms with Crippen LogP contribution in [0.25, 0.3) is 0 Å². The van der Waals surface area contributed by atoms with Crippen LogP contribution in [0, 0.1) is 11.7 Å². The summed E-state index contributed by atoms with van der Waals surface area (Å²) in [6.07, 6.45) is 7.11. The summed E-state index contributed by atoms with van der Waals surface area (Å²) in [7, 11) is 0. The first kappa shape index (κ1) is 18.7. The van der Waals surface area contributed by atoms with Crippen LogP contribution in [0.5, 0.6) is 11.6 Å². The molecule has 0 radical (unpaired) electrons. The van der Waals surface area contributed by atoms with Crippen molar-refractivity contribution in [3.63, 3.8) is 0 Å². The summed E-state index contributed by atoms with van der Waals surface area (Å²) in [6, 6.07) is 7.71. The molecular formula is C21H25FN4O2. The van der Waals surface area contributed by atoms with E-state index in [2.05, 4.69) is 14.9 Å². The maximum Gasteiger partial charge on any atom is 0.225 e. The van der Waals surface area contributed by atoms with Crippen molar-refractivity contribution in [2.24, 2.45) is 5.92 Å². The van der Waals surface area contributed by atoms with Gasteiger partial charge in [0.15, 0.2) is 0 Å². The molecule has 1 aliphatic heterocycles. The molecule has 28 heavy (non-hydrogen) atoms. The highest BCUT2D eigenvalue weighted by Crippen LogP contribution is 2.27. The fraction of sp³-hybridized carbons (Fsp3) is 0.476. The van der Waals surface area contributed by atoms with Gasteiger partial charge in [-0.1, -0.05) is 25.3 Å². The zero-order valence-corrected chi connectivity index (χ0v) is 15.9. The van der Waals surface area contributed by atoms with E-state index in [1.807, 2.05) is 4.90 Å². The van der Waals surface area contributed by atoms with E-state index in [1.165, 1.54) is 37.7 Å². The smallest absolute Gasteiger partial charge is 0.225 e. The van der Waals surface area contributed by atoms with Gasteiger partial charge in [-0.3, -0.25) is 4.79 Å². The van der Waals surface area contributed by atoms with Crippen LogP contribution in [0.3, 0.4) is 0 Å². The Morgan fingerprint density at radius 2 is 1.82 bits per heavy atom. The molecule has 2 heterocycles. The number of aromatic nitrogens is 2. The number of piperazine rings is 1. The predicted molar refractivity (Wildman–Crippen MR) is 104 cm³/mol. The lowest BCUT2D eigenvalue weighted by molar-refractivity contribution is -0.136. The van der Waals surface area contributed by atoms with Crippen molar-refractivity contribution in [3.8, 4) is 11.6 Å². The number of ether oxygens (including phenoxy) is 1. The van der Waals surface area contributed by atoms with Crippen molar-refractivity contribution >= 4 is 11.7 Å². The van der Waals surface area contributed by atoms with E-state index in [1.54, 1.807) is 18.2 Å². The maximum atomic E-state index is 13.3. The van der Waals surface area contributed by atoms with Gasteiger partial charge in [-0.05, 0) is 25.0 Å². The van der Waals surface area contributed by atoms with Gasteiger partial charge in [0.05, 0.1) is 0 Å². The lowest BCUT2D eigenvalue weighted by Crippen LogP contribution is -2.50. The van der Waals surface area contributed by atoms with Crippen molar-refractivity contribution in [1.29, 1.82) is 0 Å². The van der Waals surface area contributed by atoms with E-state index in [0.717, 1.165) is 31.7 Å². The molecule has 0 spiro atoms. The number of benzene rings is 1. The summed E-state index contributed by atoms with van der Waals surface area (Å²) >= 11 is 0. The molecule has 148 valence electrons. The molecule has 0 atom stereocenters. The molecule has 1 saturated carbocycles. The van der Waals surface area contributed by atoms with Crippen LogP contribution >= 0.6 is 0 Å². The average molecular weight is 384 g/mol. The molecule has 1 aromatic carbocycles. The van der Waals surface area contributed by atoms with Gasteiger partial charge >= 0.3 is 0 Å². The number of nitrogens with zero attached hydrogens (tertiary/aromatic N) is 4. The number of carbonyl (C=O) groups excluding carboxylic acids is 1. The van der Waals surface area contributed by atoms with Gasteiger partial charge in [0.1, 0.15) is 23.7 Å². The second kappa shape index (κ2) is 8.54. The van der Waals surface area contributed by atoms with Crippen LogP contribution in [0.2, 0.25) is 0 Å². The molecule has 2 aromatic rings. The van der Waals surface area contributed by atoms with Gasteiger partial charge in [0.2, 0.25) is 11.8 Å². The Balaban J connectivity index is 1.36. The Labute approximate surface area is 164 Å². The number of halogens is 1. The minimum absolute atomic E-state index is 0.214. The lowest BCUT2D eigenvalue weighted by atomic mass is 9.88. The molecule has 0 N–H and O–H groups in total. The van der Waals surface area contributed by atoms with Crippen molar-refractivity contribution in [3.05, 3.63) is 42.5 Å². The SMILES string of the molecule is O=C(C1CCCCC1)N1CCN(c2cc(Oc3cccc(F)c3)ncn2)CC1. The van der Waals surface area contributed by atoms with Crippen molar-refractivity contribution in [2.45, 2.75) is 32.1 Å². The summed E-state index contributed by atoms with van der Waals surface area (Å²) < 4.78 is 19.0. The Morgan fingerprint density at radius 3 is 2.57 bits per heavy atom. The maximum absolute atomic E-state index is 13.3. The van der Waals surface area contributed by atoms with E-state index in [-0.39, 0.29) is 11.7 Å². The zero-order valence-electron chi connectivity index (χ0n) is 15.9. The van der Waals surface area contributed by atoms with Crippen LogP contribution in [-0.4, -0.2) is 47.0 Å². The number of hydrogen-bond acceptors (Lipinski definition) is 5. The predicted octanol–water partition coefficient (Wildman–Crippen LogP) is 3.64. The van der Waals surface area contributed by atoms with Crippen LogP contribution in [0.15, 0.2) is 36.7 Å². The van der Waals surface area contributed by atoms with E-state index in [0.29, 0.717) is 30.6 Å². The second-order valence-electron chi connectivity index (χ2n) is 7.42. The Hall–Kier alpha value is -2.70. The molecule has 1 saturated heterocycles. The number of rotatable bonds is 4. The summed E-state index contributed by atoms with van der Waals surface area (Å²) in [5.41, 5.74) is 0. The molecule has 0 unspecified atom stereocenters. The largest absolute Gasteiger partial charge is 0.439 e. The Morgan fingerprint density at radius 1 is 1.04 bits per heavy atom. The summed E-state index contributed by atoms with van der Waals surface area (Å²) in [5.74, 6) is 1.70. The monoisotopic (exact) mass is 384 g/mol. The molecule has 6 nitrogen and oxygen atoms in total. The highest BCUT2D eigenvalue weighted by molar-refractivity contribution is 5.79. The molecule has 2 fully saturated rings. The van der Waals surface area contributed by atoms with Crippen molar-refractivity contribution < 1.29 is 13.9 Å². The fourth-order valence-electron chi connectivity index (χ4n) is 3.97. The molecule has 4 rings (SSSR count). The minimum atomic E-state index is -0.356. The van der Waals surface area contributed by atoms with E-state index in [4.69, 9.17) is 4.74 Å². The molecule has 7 heteroatoms. The van der Waals surface area contributed by atoms with E-state index in [9.17, 15) is 9.18 Å². The first-order chi connectivity index (χ1) is 13.7. The molecule has 1 aromatic heterocycles. The molecule has 0 bridgehead atoms. The molecule has 1 aliphatic carbocycles. The zero-order chi connectivity index (χ0) is 19.3. The Bertz CT molecular complexity index is 818. The van der Waals surface area contributed by atoms with Crippen LogP contribution in [-0.2, 0) is 4.79 Å². The first-order valence-electron chi connectivity index (χ1n) is 9.98. The molecular weight excluding hydrogens is 359 g/mol. The minimum Gasteiger partial charge on any atom is -0.439 e. The van der Waals surface area contributed by atoms with Crippen LogP contribution in [0.4, 0.5) is 10.2 Å². The van der Waals surface area contributed by atoms with Crippen LogP contribution in [0.1, 0.15) is 32.1 Å². The molecule has 2 aliphatic rings. The summed E-state index contributed by atoms with van der Waals surface area (Å²) in [6.45, 7) is 2.88. The van der Waals surface area contributed by atoms with Gasteiger partial charge in [-0.15, -0.1) is 0 Å². The normalized spacial score (nSPS) is 18.2. The standard InChI is InChI=1S/C21H25FN4O2/c22-17-7-4-8-18(13-17)28-20-14-19(23-15-24-20)25-9-11-26(12-10-25)21(27)16-5-2-1-3-6-16/h4,7-8,13-16H,1-3,5-6,9-12H2. The summed E-state index contributed by atoms with van der Waals surface area (Å²) in [5, 5.41) is 0. The highest BCUT2D eigenvalue weighted by Gasteiger charge is 2.28. The number of carbonyl (C=O) groups is 1. The van der Waals surface area contributed by atoms with Crippen molar-refractivity contribution in [2.75, 3.05) is 31.1 Å². The van der Waals surface area contributed by atoms with Gasteiger partial charge in [0.25, 0.3) is 0 Å². The lowest BCUT2D eigenvalue weighted by Gasteiger charge is -2.37. The van der Waals surface area contributed by atoms with E-state index >= 15 is 0 Å². The average Bonchev–Trinajstić information content (AvgIpc) is 2.74. The third-order valence-corrected chi connectivity index (χ3v) is 5.52.